The van der Waals surface area contributed by atoms with Crippen molar-refractivity contribution >= 4 is 5.69 Å². The summed E-state index contributed by atoms with van der Waals surface area (Å²) in [6, 6.07) is 4.19. The number of aliphatic hydroxyl groups is 1. The fourth-order valence-corrected chi connectivity index (χ4v) is 1.39. The molecule has 0 fully saturated rings. The SMILES string of the molecule is C=C(CC)COc1ccc([N+](=O)[O-])cc1[C@@H](C)O. The Balaban J connectivity index is 2.97. The van der Waals surface area contributed by atoms with Crippen LogP contribution in [0.1, 0.15) is 31.9 Å². The van der Waals surface area contributed by atoms with E-state index < -0.39 is 11.0 Å². The summed E-state index contributed by atoms with van der Waals surface area (Å²) in [7, 11) is 0. The van der Waals surface area contributed by atoms with Gasteiger partial charge in [-0.2, -0.15) is 0 Å². The Kier molecular flexibility index (Phi) is 4.85. The third-order valence-electron chi connectivity index (χ3n) is 2.59. The molecule has 0 aliphatic rings. The van der Waals surface area contributed by atoms with E-state index in [0.29, 0.717) is 17.9 Å². The quantitative estimate of drug-likeness (QED) is 0.479. The van der Waals surface area contributed by atoms with Gasteiger partial charge >= 0.3 is 0 Å². The number of nitro groups is 1. The van der Waals surface area contributed by atoms with E-state index in [1.165, 1.54) is 18.2 Å². The number of hydrogen-bond donors (Lipinski definition) is 1. The molecule has 0 unspecified atom stereocenters. The summed E-state index contributed by atoms with van der Waals surface area (Å²) in [6.07, 6.45) is -0.0217. The minimum Gasteiger partial charge on any atom is -0.489 e. The second kappa shape index (κ2) is 6.16. The first kappa shape index (κ1) is 14.2. The van der Waals surface area contributed by atoms with E-state index in [1.54, 1.807) is 6.92 Å². The molecule has 0 bridgehead atoms. The van der Waals surface area contributed by atoms with Crippen molar-refractivity contribution in [3.05, 3.63) is 46.0 Å². The van der Waals surface area contributed by atoms with Crippen LogP contribution < -0.4 is 4.74 Å². The summed E-state index contributed by atoms with van der Waals surface area (Å²) in [4.78, 5) is 10.2. The van der Waals surface area contributed by atoms with Crippen LogP contribution >= 0.6 is 0 Å². The molecule has 0 heterocycles. The number of hydrogen-bond acceptors (Lipinski definition) is 4. The van der Waals surface area contributed by atoms with E-state index >= 15 is 0 Å². The van der Waals surface area contributed by atoms with E-state index in [4.69, 9.17) is 4.74 Å². The fourth-order valence-electron chi connectivity index (χ4n) is 1.39. The summed E-state index contributed by atoms with van der Waals surface area (Å²) < 4.78 is 5.50. The summed E-state index contributed by atoms with van der Waals surface area (Å²) in [5, 5.41) is 20.3. The molecular weight excluding hydrogens is 234 g/mol. The fraction of sp³-hybridized carbons (Fsp3) is 0.385. The van der Waals surface area contributed by atoms with Gasteiger partial charge in [-0.15, -0.1) is 0 Å². The summed E-state index contributed by atoms with van der Waals surface area (Å²) in [5.41, 5.74) is 1.27. The zero-order valence-electron chi connectivity index (χ0n) is 10.5. The summed E-state index contributed by atoms with van der Waals surface area (Å²) in [5.74, 6) is 0.449. The number of aliphatic hydroxyl groups excluding tert-OH is 1. The van der Waals surface area contributed by atoms with Crippen LogP contribution in [0.5, 0.6) is 5.75 Å². The number of non-ortho nitro benzene ring substituents is 1. The van der Waals surface area contributed by atoms with Gasteiger partial charge in [-0.1, -0.05) is 13.5 Å². The Morgan fingerprint density at radius 2 is 2.28 bits per heavy atom. The standard InChI is InChI=1S/C13H17NO4/c1-4-9(2)8-18-13-6-5-11(14(16)17)7-12(13)10(3)15/h5-7,10,15H,2,4,8H2,1,3H3/t10-/m1/s1. The second-order valence-electron chi connectivity index (χ2n) is 4.05. The number of rotatable bonds is 6. The first-order valence-corrected chi connectivity index (χ1v) is 5.71. The van der Waals surface area contributed by atoms with Gasteiger partial charge in [-0.3, -0.25) is 10.1 Å². The molecule has 1 rings (SSSR count). The minimum absolute atomic E-state index is 0.0624. The first-order valence-electron chi connectivity index (χ1n) is 5.71. The highest BCUT2D eigenvalue weighted by Crippen LogP contribution is 2.29. The minimum atomic E-state index is -0.824. The van der Waals surface area contributed by atoms with Crippen molar-refractivity contribution in [1.29, 1.82) is 0 Å². The maximum absolute atomic E-state index is 10.7. The molecule has 0 spiro atoms. The van der Waals surface area contributed by atoms with Crippen molar-refractivity contribution in [3.8, 4) is 5.75 Å². The molecule has 0 saturated heterocycles. The van der Waals surface area contributed by atoms with Crippen molar-refractivity contribution in [3.63, 3.8) is 0 Å². The Morgan fingerprint density at radius 3 is 2.78 bits per heavy atom. The van der Waals surface area contributed by atoms with Crippen LogP contribution in [0.3, 0.4) is 0 Å². The van der Waals surface area contributed by atoms with E-state index in [-0.39, 0.29) is 5.69 Å². The monoisotopic (exact) mass is 251 g/mol. The normalized spacial score (nSPS) is 11.9. The van der Waals surface area contributed by atoms with Crippen LogP contribution in [-0.2, 0) is 0 Å². The molecule has 0 aliphatic heterocycles. The average Bonchev–Trinajstić information content (AvgIpc) is 2.35. The lowest BCUT2D eigenvalue weighted by Crippen LogP contribution is -2.04. The highest BCUT2D eigenvalue weighted by atomic mass is 16.6. The van der Waals surface area contributed by atoms with Gasteiger partial charge < -0.3 is 9.84 Å². The van der Waals surface area contributed by atoms with Crippen molar-refractivity contribution in [2.24, 2.45) is 0 Å². The molecule has 1 aromatic carbocycles. The van der Waals surface area contributed by atoms with Crippen LogP contribution in [-0.4, -0.2) is 16.6 Å². The molecule has 1 N–H and O–H groups in total. The van der Waals surface area contributed by atoms with Gasteiger partial charge in [0.15, 0.2) is 0 Å². The molecule has 98 valence electrons. The van der Waals surface area contributed by atoms with Gasteiger partial charge in [0, 0.05) is 17.7 Å². The van der Waals surface area contributed by atoms with Gasteiger partial charge in [-0.05, 0) is 25.0 Å². The number of nitro benzene ring substituents is 1. The van der Waals surface area contributed by atoms with Crippen LogP contribution in [0.4, 0.5) is 5.69 Å². The molecule has 5 heteroatoms. The molecule has 0 saturated carbocycles. The lowest BCUT2D eigenvalue weighted by molar-refractivity contribution is -0.385. The van der Waals surface area contributed by atoms with Crippen LogP contribution in [0, 0.1) is 10.1 Å². The van der Waals surface area contributed by atoms with Crippen molar-refractivity contribution in [1.82, 2.24) is 0 Å². The second-order valence-corrected chi connectivity index (χ2v) is 4.05. The zero-order chi connectivity index (χ0) is 13.7. The smallest absolute Gasteiger partial charge is 0.270 e. The van der Waals surface area contributed by atoms with Crippen molar-refractivity contribution in [2.45, 2.75) is 26.4 Å². The topological polar surface area (TPSA) is 72.6 Å². The maximum atomic E-state index is 10.7. The van der Waals surface area contributed by atoms with E-state index in [0.717, 1.165) is 12.0 Å². The van der Waals surface area contributed by atoms with Crippen molar-refractivity contribution < 1.29 is 14.8 Å². The van der Waals surface area contributed by atoms with Crippen molar-refractivity contribution in [2.75, 3.05) is 6.61 Å². The number of nitrogens with zero attached hydrogens (tertiary/aromatic N) is 1. The van der Waals surface area contributed by atoms with Gasteiger partial charge in [0.05, 0.1) is 11.0 Å². The number of ether oxygens (including phenoxy) is 1. The molecule has 5 nitrogen and oxygen atoms in total. The molecule has 0 aliphatic carbocycles. The van der Waals surface area contributed by atoms with Crippen LogP contribution in [0.25, 0.3) is 0 Å². The molecule has 1 aromatic rings. The maximum Gasteiger partial charge on any atom is 0.270 e. The summed E-state index contributed by atoms with van der Waals surface area (Å²) >= 11 is 0. The Labute approximate surface area is 106 Å². The third kappa shape index (κ3) is 3.56. The predicted molar refractivity (Wildman–Crippen MR) is 68.7 cm³/mol. The number of benzene rings is 1. The molecule has 0 amide bonds. The van der Waals surface area contributed by atoms with Gasteiger partial charge in [0.2, 0.25) is 0 Å². The Hall–Kier alpha value is -1.88. The van der Waals surface area contributed by atoms with Crippen LogP contribution in [0.15, 0.2) is 30.4 Å². The van der Waals surface area contributed by atoms with Gasteiger partial charge in [0.25, 0.3) is 5.69 Å². The highest BCUT2D eigenvalue weighted by molar-refractivity contribution is 5.44. The lowest BCUT2D eigenvalue weighted by Gasteiger charge is -2.13. The first-order chi connectivity index (χ1) is 8.45. The van der Waals surface area contributed by atoms with Gasteiger partial charge in [-0.25, -0.2) is 0 Å². The Morgan fingerprint density at radius 1 is 1.61 bits per heavy atom. The molecule has 0 aromatic heterocycles. The van der Waals surface area contributed by atoms with E-state index in [9.17, 15) is 15.2 Å². The highest BCUT2D eigenvalue weighted by Gasteiger charge is 2.15. The third-order valence-corrected chi connectivity index (χ3v) is 2.59. The largest absolute Gasteiger partial charge is 0.489 e. The average molecular weight is 251 g/mol. The molecule has 18 heavy (non-hydrogen) atoms. The van der Waals surface area contributed by atoms with E-state index in [2.05, 4.69) is 6.58 Å². The predicted octanol–water partition coefficient (Wildman–Crippen LogP) is 2.99. The Bertz CT molecular complexity index is 454. The summed E-state index contributed by atoms with van der Waals surface area (Å²) in [6.45, 7) is 7.67. The zero-order valence-corrected chi connectivity index (χ0v) is 10.5. The van der Waals surface area contributed by atoms with E-state index in [1.807, 2.05) is 6.92 Å². The lowest BCUT2D eigenvalue weighted by atomic mass is 10.1. The molecule has 1 atom stereocenters. The molecular formula is C13H17NO4. The van der Waals surface area contributed by atoms with Crippen LogP contribution in [0.2, 0.25) is 0 Å². The van der Waals surface area contributed by atoms with Gasteiger partial charge in [0.1, 0.15) is 12.4 Å². The molecule has 0 radical (unpaired) electrons.